The van der Waals surface area contributed by atoms with E-state index in [4.69, 9.17) is 9.47 Å². The van der Waals surface area contributed by atoms with E-state index in [2.05, 4.69) is 22.5 Å². The van der Waals surface area contributed by atoms with Gasteiger partial charge in [0.1, 0.15) is 22.7 Å². The summed E-state index contributed by atoms with van der Waals surface area (Å²) in [5.74, 6) is -1.86. The number of carbonyl (C=O) groups excluding carboxylic acids is 2. The third kappa shape index (κ3) is 8.13. The van der Waals surface area contributed by atoms with Crippen molar-refractivity contribution in [3.8, 4) is 0 Å². The van der Waals surface area contributed by atoms with Crippen LogP contribution >= 0.6 is 70.6 Å². The van der Waals surface area contributed by atoms with Crippen LogP contribution in [0.25, 0.3) is 0 Å². The van der Waals surface area contributed by atoms with Crippen LogP contribution in [0, 0.1) is 0 Å². The van der Waals surface area contributed by atoms with E-state index >= 15 is 0 Å². The second-order valence-electron chi connectivity index (χ2n) is 7.71. The second-order valence-corrected chi connectivity index (χ2v) is 14.5. The first kappa shape index (κ1) is 32.7. The molecule has 3 rings (SSSR count). The van der Waals surface area contributed by atoms with Crippen molar-refractivity contribution >= 4 is 106 Å². The Hall–Kier alpha value is -1.84. The highest BCUT2D eigenvalue weighted by atomic mass is 32.3. The third-order valence-corrected chi connectivity index (χ3v) is 13.2. The van der Waals surface area contributed by atoms with Crippen LogP contribution in [-0.4, -0.2) is 60.3 Å². The van der Waals surface area contributed by atoms with Gasteiger partial charge in [0.15, 0.2) is 0 Å². The monoisotopic (exact) mass is 656 g/mol. The number of ether oxygens (including phenoxy) is 2. The molecule has 0 aliphatic carbocycles. The predicted octanol–water partition coefficient (Wildman–Crippen LogP) is 8.54. The molecule has 0 atom stereocenters. The fraction of sp³-hybridized carbons (Fsp3) is 0.308. The Bertz CT molecular complexity index is 1270. The van der Waals surface area contributed by atoms with Gasteiger partial charge in [0.2, 0.25) is 0 Å². The molecule has 0 amide bonds. The minimum absolute atomic E-state index is 0.0838. The predicted molar refractivity (Wildman–Crippen MR) is 175 cm³/mol. The number of esters is 2. The maximum absolute atomic E-state index is 12.3. The first-order valence-electron chi connectivity index (χ1n) is 11.8. The van der Waals surface area contributed by atoms with Gasteiger partial charge in [0.05, 0.1) is 41.5 Å². The van der Waals surface area contributed by atoms with Crippen molar-refractivity contribution in [3.63, 3.8) is 0 Å². The number of allylic oxidation sites excluding steroid dienone is 2. The van der Waals surface area contributed by atoms with Crippen LogP contribution in [0.1, 0.15) is 27.7 Å². The highest BCUT2D eigenvalue weighted by Crippen LogP contribution is 2.64. The van der Waals surface area contributed by atoms with Crippen molar-refractivity contribution in [1.29, 1.82) is 0 Å². The Morgan fingerprint density at radius 1 is 0.775 bits per heavy atom. The summed E-state index contributed by atoms with van der Waals surface area (Å²) in [7, 11) is 0. The van der Waals surface area contributed by atoms with E-state index < -0.39 is 11.9 Å². The molecule has 0 saturated carbocycles. The molecule has 2 aliphatic rings. The van der Waals surface area contributed by atoms with Gasteiger partial charge in [0, 0.05) is 22.2 Å². The summed E-state index contributed by atoms with van der Waals surface area (Å²) in [6, 6.07) is 3.70. The zero-order valence-electron chi connectivity index (χ0n) is 22.6. The molecule has 14 heteroatoms. The lowest BCUT2D eigenvalue weighted by Gasteiger charge is -2.07. The van der Waals surface area contributed by atoms with Crippen molar-refractivity contribution in [2.24, 2.45) is 9.98 Å². The number of carbonyl (C=O) groups is 2. The van der Waals surface area contributed by atoms with E-state index in [1.807, 2.05) is 12.1 Å². The topological polar surface area (TPSA) is 118 Å². The Labute approximate surface area is 259 Å². The molecule has 0 fully saturated rings. The highest BCUT2D eigenvalue weighted by molar-refractivity contribution is 8.41. The largest absolute Gasteiger partial charge is 0.512 e. The SMILES string of the molecule is CCOC(=O)/C(C=Nc1cc2c(cc1N=C/C(C(=O)OCC)=C(/C)O)SC(=C1SC(SC)=C(SC)S1)S2)=C(\C)O. The Kier molecular flexibility index (Phi) is 12.6. The van der Waals surface area contributed by atoms with Gasteiger partial charge in [-0.1, -0.05) is 47.0 Å². The summed E-state index contributed by atoms with van der Waals surface area (Å²) in [6.45, 7) is 6.39. The van der Waals surface area contributed by atoms with Gasteiger partial charge in [-0.25, -0.2) is 9.59 Å². The van der Waals surface area contributed by atoms with Crippen molar-refractivity contribution in [2.45, 2.75) is 37.5 Å². The Morgan fingerprint density at radius 3 is 1.48 bits per heavy atom. The number of hydrogen-bond donors (Lipinski definition) is 2. The number of rotatable bonds is 10. The Balaban J connectivity index is 2.05. The number of hydrogen-bond acceptors (Lipinski definition) is 14. The molecule has 214 valence electrons. The lowest BCUT2D eigenvalue weighted by Crippen LogP contribution is -2.10. The van der Waals surface area contributed by atoms with Crippen LogP contribution in [0.3, 0.4) is 0 Å². The number of aliphatic hydroxyl groups excluding tert-OH is 2. The first-order chi connectivity index (χ1) is 19.1. The zero-order valence-corrected chi connectivity index (χ0v) is 27.5. The molecule has 2 aliphatic heterocycles. The summed E-state index contributed by atoms with van der Waals surface area (Å²) in [5.41, 5.74) is 0.630. The van der Waals surface area contributed by atoms with E-state index in [0.717, 1.165) is 14.0 Å². The van der Waals surface area contributed by atoms with Gasteiger partial charge >= 0.3 is 11.9 Å². The molecule has 40 heavy (non-hydrogen) atoms. The van der Waals surface area contributed by atoms with Gasteiger partial charge in [-0.05, 0) is 52.3 Å². The molecule has 1 aromatic carbocycles. The highest BCUT2D eigenvalue weighted by Gasteiger charge is 2.29. The summed E-state index contributed by atoms with van der Waals surface area (Å²) in [5, 5.41) is 20.1. The van der Waals surface area contributed by atoms with Crippen molar-refractivity contribution < 1.29 is 29.3 Å². The van der Waals surface area contributed by atoms with Crippen LogP contribution in [-0.2, 0) is 19.1 Å². The maximum atomic E-state index is 12.3. The lowest BCUT2D eigenvalue weighted by molar-refractivity contribution is -0.139. The van der Waals surface area contributed by atoms with Gasteiger partial charge in [-0.2, -0.15) is 0 Å². The minimum atomic E-state index is -0.699. The molecule has 0 unspecified atom stereocenters. The molecule has 0 radical (unpaired) electrons. The average Bonchev–Trinajstić information content (AvgIpc) is 3.52. The molecule has 2 N–H and O–H groups in total. The molecule has 0 aromatic heterocycles. The molecule has 8 nitrogen and oxygen atoms in total. The average molecular weight is 657 g/mol. The molecular formula is C26H28N2O6S6. The summed E-state index contributed by atoms with van der Waals surface area (Å²) in [4.78, 5) is 35.5. The molecule has 0 spiro atoms. The van der Waals surface area contributed by atoms with Gasteiger partial charge in [-0.3, -0.25) is 9.98 Å². The summed E-state index contributed by atoms with van der Waals surface area (Å²) >= 11 is 10.3. The number of aliphatic hydroxyl groups is 2. The van der Waals surface area contributed by atoms with Crippen LogP contribution < -0.4 is 0 Å². The standard InChI is InChI=1S/C26H28N2O6S6/c1-7-33-21(31)15(13(3)29)11-27-17-9-19-20(10-18(17)28-12-16(14(4)30)22(32)34-8-2)38-25(37-19)26-39-23(35-5)24(36-6)40-26/h9-12,29-30H,7-8H2,1-6H3/b15-13+,16-14+,27-11?,28-12?. The third-order valence-electron chi connectivity index (χ3n) is 4.96. The fourth-order valence-corrected chi connectivity index (χ4v) is 10.9. The molecule has 2 heterocycles. The van der Waals surface area contributed by atoms with E-state index in [-0.39, 0.29) is 35.9 Å². The molecule has 1 aromatic rings. The maximum Gasteiger partial charge on any atom is 0.343 e. The van der Waals surface area contributed by atoms with E-state index in [9.17, 15) is 19.8 Å². The van der Waals surface area contributed by atoms with E-state index in [1.54, 1.807) is 84.4 Å². The Morgan fingerprint density at radius 2 is 1.15 bits per heavy atom. The summed E-state index contributed by atoms with van der Waals surface area (Å²) < 4.78 is 15.0. The van der Waals surface area contributed by atoms with Gasteiger partial charge < -0.3 is 19.7 Å². The van der Waals surface area contributed by atoms with E-state index in [1.165, 1.54) is 39.0 Å². The number of aliphatic imine (C=N–C) groups is 2. The van der Waals surface area contributed by atoms with Crippen molar-refractivity contribution in [2.75, 3.05) is 25.7 Å². The van der Waals surface area contributed by atoms with E-state index in [0.29, 0.717) is 11.4 Å². The van der Waals surface area contributed by atoms with Gasteiger partial charge in [-0.15, -0.1) is 23.5 Å². The number of fused-ring (bicyclic) bond motifs is 1. The van der Waals surface area contributed by atoms with Crippen LogP contribution in [0.15, 0.2) is 71.5 Å². The van der Waals surface area contributed by atoms with Crippen LogP contribution in [0.2, 0.25) is 0 Å². The summed E-state index contributed by atoms with van der Waals surface area (Å²) in [6.07, 6.45) is 6.62. The normalized spacial score (nSPS) is 16.6. The quantitative estimate of drug-likeness (QED) is 0.109. The lowest BCUT2D eigenvalue weighted by atomic mass is 10.2. The van der Waals surface area contributed by atoms with Crippen LogP contribution in [0.4, 0.5) is 11.4 Å². The van der Waals surface area contributed by atoms with Gasteiger partial charge in [0.25, 0.3) is 0 Å². The molecule has 0 saturated heterocycles. The second kappa shape index (κ2) is 15.4. The molecule has 0 bridgehead atoms. The fourth-order valence-electron chi connectivity index (χ4n) is 3.09. The molecular weight excluding hydrogens is 629 g/mol. The zero-order chi connectivity index (χ0) is 29.4. The van der Waals surface area contributed by atoms with Crippen LogP contribution in [0.5, 0.6) is 0 Å². The minimum Gasteiger partial charge on any atom is -0.512 e. The van der Waals surface area contributed by atoms with Crippen molar-refractivity contribution in [1.82, 2.24) is 0 Å². The number of thioether (sulfide) groups is 6. The number of benzene rings is 1. The number of nitrogens with zero attached hydrogens (tertiary/aromatic N) is 2. The van der Waals surface area contributed by atoms with Crippen molar-refractivity contribution in [3.05, 3.63) is 51.7 Å². The first-order valence-corrected chi connectivity index (χ1v) is 17.5. The smallest absolute Gasteiger partial charge is 0.343 e.